The van der Waals surface area contributed by atoms with Crippen LogP contribution in [0.1, 0.15) is 16.1 Å². The third-order valence-corrected chi connectivity index (χ3v) is 3.44. The van der Waals surface area contributed by atoms with Gasteiger partial charge in [0.1, 0.15) is 0 Å². The van der Waals surface area contributed by atoms with E-state index in [9.17, 15) is 13.2 Å². The van der Waals surface area contributed by atoms with Crippen molar-refractivity contribution >= 4 is 17.0 Å². The second kappa shape index (κ2) is 5.92. The van der Waals surface area contributed by atoms with Crippen LogP contribution in [0.4, 0.5) is 18.9 Å². The lowest BCUT2D eigenvalue weighted by molar-refractivity contribution is -0.137. The Morgan fingerprint density at radius 1 is 1.35 bits per heavy atom. The Balaban J connectivity index is 2.05. The fraction of sp³-hybridized carbons (Fsp3) is 0.231. The molecule has 2 aromatic rings. The van der Waals surface area contributed by atoms with Gasteiger partial charge in [0.15, 0.2) is 0 Å². The summed E-state index contributed by atoms with van der Waals surface area (Å²) >= 11 is 1.52. The molecule has 20 heavy (non-hydrogen) atoms. The van der Waals surface area contributed by atoms with Gasteiger partial charge < -0.3 is 5.32 Å². The summed E-state index contributed by atoms with van der Waals surface area (Å²) in [5.74, 6) is 0. The molecule has 0 amide bonds. The zero-order valence-corrected chi connectivity index (χ0v) is 11.1. The number of aromatic nitrogens is 1. The third kappa shape index (κ3) is 3.48. The summed E-state index contributed by atoms with van der Waals surface area (Å²) in [6.07, 6.45) is -2.13. The molecule has 0 radical (unpaired) electrons. The van der Waals surface area contributed by atoms with Crippen LogP contribution in [0.2, 0.25) is 0 Å². The molecule has 0 fully saturated rings. The van der Waals surface area contributed by atoms with Crippen molar-refractivity contribution in [3.05, 3.63) is 45.9 Å². The van der Waals surface area contributed by atoms with Gasteiger partial charge in [0.2, 0.25) is 0 Å². The zero-order valence-electron chi connectivity index (χ0n) is 10.2. The predicted octanol–water partition coefficient (Wildman–Crippen LogP) is 3.69. The summed E-state index contributed by atoms with van der Waals surface area (Å²) in [7, 11) is 0. The van der Waals surface area contributed by atoms with Crippen LogP contribution in [0.15, 0.2) is 29.8 Å². The first-order chi connectivity index (χ1) is 9.50. The van der Waals surface area contributed by atoms with E-state index >= 15 is 0 Å². The van der Waals surface area contributed by atoms with Crippen molar-refractivity contribution in [2.24, 2.45) is 0 Å². The Morgan fingerprint density at radius 3 is 2.75 bits per heavy atom. The number of hydrogen-bond acceptors (Lipinski definition) is 4. The highest BCUT2D eigenvalue weighted by atomic mass is 32.1. The van der Waals surface area contributed by atoms with Crippen LogP contribution < -0.4 is 5.32 Å². The van der Waals surface area contributed by atoms with E-state index in [1.165, 1.54) is 23.5 Å². The molecule has 1 heterocycles. The second-order valence-corrected chi connectivity index (χ2v) is 4.95. The lowest BCUT2D eigenvalue weighted by Crippen LogP contribution is -2.09. The summed E-state index contributed by atoms with van der Waals surface area (Å²) < 4.78 is 37.9. The minimum absolute atomic E-state index is 0.378. The van der Waals surface area contributed by atoms with Gasteiger partial charge in [-0.3, -0.25) is 0 Å². The largest absolute Gasteiger partial charge is 0.417 e. The maximum atomic E-state index is 12.6. The van der Waals surface area contributed by atoms with E-state index in [-0.39, 0.29) is 5.56 Å². The van der Waals surface area contributed by atoms with Crippen LogP contribution in [-0.2, 0) is 12.6 Å². The molecule has 0 saturated heterocycles. The normalized spacial score (nSPS) is 11.1. The van der Waals surface area contributed by atoms with Crippen molar-refractivity contribution in [1.29, 1.82) is 5.26 Å². The third-order valence-electron chi connectivity index (χ3n) is 2.60. The molecule has 0 unspecified atom stereocenters. The van der Waals surface area contributed by atoms with Gasteiger partial charge in [0.25, 0.3) is 0 Å². The highest BCUT2D eigenvalue weighted by molar-refractivity contribution is 7.09. The number of anilines is 1. The molecular formula is C13H10F3N3S. The first-order valence-electron chi connectivity index (χ1n) is 5.74. The van der Waals surface area contributed by atoms with Gasteiger partial charge >= 0.3 is 6.18 Å². The number of rotatable bonds is 4. The van der Waals surface area contributed by atoms with Crippen LogP contribution in [0.5, 0.6) is 0 Å². The summed E-state index contributed by atoms with van der Waals surface area (Å²) in [5, 5.41) is 14.6. The lowest BCUT2D eigenvalue weighted by Gasteiger charge is -2.11. The van der Waals surface area contributed by atoms with Crippen molar-refractivity contribution in [3.8, 4) is 6.07 Å². The van der Waals surface area contributed by atoms with E-state index in [0.717, 1.165) is 11.1 Å². The minimum atomic E-state index is -4.51. The number of halogens is 3. The van der Waals surface area contributed by atoms with E-state index in [0.29, 0.717) is 18.7 Å². The average Bonchev–Trinajstić information content (AvgIpc) is 2.90. The monoisotopic (exact) mass is 297 g/mol. The maximum absolute atomic E-state index is 12.6. The number of hydrogen-bond donors (Lipinski definition) is 1. The molecule has 104 valence electrons. The number of thiazole rings is 1. The zero-order chi connectivity index (χ0) is 14.6. The highest BCUT2D eigenvalue weighted by Crippen LogP contribution is 2.32. The van der Waals surface area contributed by atoms with E-state index in [4.69, 9.17) is 5.26 Å². The van der Waals surface area contributed by atoms with E-state index in [1.807, 2.05) is 5.38 Å². The van der Waals surface area contributed by atoms with Gasteiger partial charge in [-0.1, -0.05) is 0 Å². The molecule has 0 aliphatic rings. The highest BCUT2D eigenvalue weighted by Gasteiger charge is 2.33. The first kappa shape index (κ1) is 14.3. The number of benzene rings is 1. The fourth-order valence-corrected chi connectivity index (χ4v) is 2.30. The van der Waals surface area contributed by atoms with Crippen LogP contribution in [0.25, 0.3) is 0 Å². The van der Waals surface area contributed by atoms with Crippen molar-refractivity contribution in [2.75, 3.05) is 11.9 Å². The standard InChI is InChI=1S/C13H10F3N3S/c14-13(15,16)11-2-1-10(7-9(11)8-17)18-4-3-12-19-5-6-20-12/h1-2,5-7,18H,3-4H2. The first-order valence-corrected chi connectivity index (χ1v) is 6.62. The van der Waals surface area contributed by atoms with Gasteiger partial charge in [-0.15, -0.1) is 11.3 Å². The summed E-state index contributed by atoms with van der Waals surface area (Å²) in [5.41, 5.74) is -0.798. The van der Waals surface area contributed by atoms with Crippen LogP contribution >= 0.6 is 11.3 Å². The van der Waals surface area contributed by atoms with Crippen molar-refractivity contribution in [3.63, 3.8) is 0 Å². The molecule has 7 heteroatoms. The Morgan fingerprint density at radius 2 is 2.15 bits per heavy atom. The quantitative estimate of drug-likeness (QED) is 0.936. The van der Waals surface area contributed by atoms with Gasteiger partial charge in [0.05, 0.1) is 22.2 Å². The Kier molecular flexibility index (Phi) is 4.25. The average molecular weight is 297 g/mol. The van der Waals surface area contributed by atoms with Crippen molar-refractivity contribution in [2.45, 2.75) is 12.6 Å². The smallest absolute Gasteiger partial charge is 0.385 e. The Bertz CT molecular complexity index is 615. The second-order valence-electron chi connectivity index (χ2n) is 3.97. The predicted molar refractivity (Wildman–Crippen MR) is 70.5 cm³/mol. The van der Waals surface area contributed by atoms with Gasteiger partial charge in [-0.25, -0.2) is 4.98 Å². The van der Waals surface area contributed by atoms with Crippen LogP contribution in [0.3, 0.4) is 0 Å². The number of nitrogens with zero attached hydrogens (tertiary/aromatic N) is 2. The van der Waals surface area contributed by atoms with E-state index in [2.05, 4.69) is 10.3 Å². The number of alkyl halides is 3. The minimum Gasteiger partial charge on any atom is -0.385 e. The molecule has 1 aromatic carbocycles. The van der Waals surface area contributed by atoms with E-state index < -0.39 is 11.7 Å². The lowest BCUT2D eigenvalue weighted by atomic mass is 10.1. The SMILES string of the molecule is N#Cc1cc(NCCc2nccs2)ccc1C(F)(F)F. The van der Waals surface area contributed by atoms with Gasteiger partial charge in [0, 0.05) is 30.2 Å². The number of nitrogens with one attached hydrogen (secondary N) is 1. The van der Waals surface area contributed by atoms with Crippen LogP contribution in [0, 0.1) is 11.3 Å². The summed E-state index contributed by atoms with van der Waals surface area (Å²) in [6, 6.07) is 5.04. The molecule has 1 aromatic heterocycles. The Hall–Kier alpha value is -2.07. The van der Waals surface area contributed by atoms with E-state index in [1.54, 1.807) is 12.3 Å². The maximum Gasteiger partial charge on any atom is 0.417 e. The molecule has 2 rings (SSSR count). The summed E-state index contributed by atoms with van der Waals surface area (Å²) in [6.45, 7) is 0.545. The number of nitriles is 1. The summed E-state index contributed by atoms with van der Waals surface area (Å²) in [4.78, 5) is 4.10. The molecule has 0 aliphatic carbocycles. The molecule has 3 nitrogen and oxygen atoms in total. The molecule has 0 bridgehead atoms. The molecule has 0 aliphatic heterocycles. The fourth-order valence-electron chi connectivity index (χ4n) is 1.68. The molecule has 0 spiro atoms. The van der Waals surface area contributed by atoms with Gasteiger partial charge in [-0.2, -0.15) is 18.4 Å². The Labute approximate surface area is 117 Å². The topological polar surface area (TPSA) is 48.7 Å². The molecular weight excluding hydrogens is 287 g/mol. The molecule has 0 saturated carbocycles. The van der Waals surface area contributed by atoms with Crippen molar-refractivity contribution in [1.82, 2.24) is 4.98 Å². The molecule has 0 atom stereocenters. The van der Waals surface area contributed by atoms with Gasteiger partial charge in [-0.05, 0) is 18.2 Å². The van der Waals surface area contributed by atoms with Crippen LogP contribution in [-0.4, -0.2) is 11.5 Å². The van der Waals surface area contributed by atoms with Crippen molar-refractivity contribution < 1.29 is 13.2 Å². The molecule has 1 N–H and O–H groups in total.